The van der Waals surface area contributed by atoms with Crippen molar-refractivity contribution in [2.75, 3.05) is 19.6 Å². The van der Waals surface area contributed by atoms with Gasteiger partial charge in [-0.2, -0.15) is 10.2 Å². The topological polar surface area (TPSA) is 100 Å². The van der Waals surface area contributed by atoms with Gasteiger partial charge in [0.05, 0.1) is 24.2 Å². The second-order valence-electron chi connectivity index (χ2n) is 13.3. The Kier molecular flexibility index (Phi) is 8.40. The number of likely N-dealkylation sites (tertiary alicyclic amines) is 1. The third-order valence-corrected chi connectivity index (χ3v) is 10.5. The zero-order valence-corrected chi connectivity index (χ0v) is 27.8. The van der Waals surface area contributed by atoms with Crippen LogP contribution in [0.3, 0.4) is 0 Å². The maximum Gasteiger partial charge on any atom is 0.410 e. The molecule has 0 radical (unpaired) electrons. The number of ether oxygens (including phenoxy) is 1. The Morgan fingerprint density at radius 2 is 1.30 bits per heavy atom. The Labute approximate surface area is 291 Å². The summed E-state index contributed by atoms with van der Waals surface area (Å²) >= 11 is 0. The standard InChI is InChI=1S/C41H39N5O4/c47-39(48)37-34-21-22-36-35(38(34)46(43-37)33-23-25-44(26-24-33)40(49)50-28-29-13-5-1-6-14-29)27-45(42-36)41(30-15-7-2-8-16-30,31-17-9-3-10-18-31)32-19-11-4-12-20-32/h1-20,33,35H,21-28H2,(H,47,48). The number of fused-ring (bicyclic) bond motifs is 3. The lowest BCUT2D eigenvalue weighted by molar-refractivity contribution is 0.0687. The lowest BCUT2D eigenvalue weighted by atomic mass is 9.76. The van der Waals surface area contributed by atoms with Crippen LogP contribution in [-0.4, -0.2) is 62.2 Å². The van der Waals surface area contributed by atoms with Crippen molar-refractivity contribution in [3.05, 3.63) is 161 Å². The molecule has 0 saturated carbocycles. The lowest BCUT2D eigenvalue weighted by Crippen LogP contribution is -2.45. The van der Waals surface area contributed by atoms with Gasteiger partial charge in [-0.3, -0.25) is 9.69 Å². The van der Waals surface area contributed by atoms with Crippen LogP contribution in [0.1, 0.15) is 75.2 Å². The van der Waals surface area contributed by atoms with Gasteiger partial charge < -0.3 is 14.7 Å². The number of benzene rings is 4. The minimum Gasteiger partial charge on any atom is -0.476 e. The van der Waals surface area contributed by atoms with Gasteiger partial charge in [0.1, 0.15) is 12.1 Å². The van der Waals surface area contributed by atoms with E-state index in [0.29, 0.717) is 45.3 Å². The third-order valence-electron chi connectivity index (χ3n) is 10.5. The predicted molar refractivity (Wildman–Crippen MR) is 190 cm³/mol. The van der Waals surface area contributed by atoms with Gasteiger partial charge in [0.25, 0.3) is 0 Å². The first-order valence-corrected chi connectivity index (χ1v) is 17.4. The molecule has 1 atom stereocenters. The van der Waals surface area contributed by atoms with Crippen LogP contribution in [0.5, 0.6) is 0 Å². The lowest BCUT2D eigenvalue weighted by Gasteiger charge is -2.43. The molecule has 4 aromatic carbocycles. The van der Waals surface area contributed by atoms with Gasteiger partial charge in [-0.25, -0.2) is 9.59 Å². The van der Waals surface area contributed by atoms with E-state index in [1.165, 1.54) is 0 Å². The number of amides is 1. The molecule has 1 aliphatic carbocycles. The Morgan fingerprint density at radius 1 is 0.760 bits per heavy atom. The fourth-order valence-corrected chi connectivity index (χ4v) is 8.11. The van der Waals surface area contributed by atoms with Crippen LogP contribution >= 0.6 is 0 Å². The molecular formula is C41H39N5O4. The van der Waals surface area contributed by atoms with Crippen LogP contribution in [0.25, 0.3) is 0 Å². The second kappa shape index (κ2) is 13.3. The van der Waals surface area contributed by atoms with E-state index >= 15 is 0 Å². The molecule has 1 aromatic heterocycles. The fraction of sp³-hybridized carbons (Fsp3) is 0.268. The molecule has 2 aliphatic heterocycles. The number of piperidine rings is 1. The third kappa shape index (κ3) is 5.52. The zero-order chi connectivity index (χ0) is 34.1. The second-order valence-corrected chi connectivity index (χ2v) is 13.3. The first kappa shape index (κ1) is 31.6. The number of hydrogen-bond acceptors (Lipinski definition) is 6. The summed E-state index contributed by atoms with van der Waals surface area (Å²) in [5.41, 5.74) is 6.46. The monoisotopic (exact) mass is 665 g/mol. The number of aromatic carboxylic acids is 1. The largest absolute Gasteiger partial charge is 0.476 e. The summed E-state index contributed by atoms with van der Waals surface area (Å²) in [5.74, 6) is -1.13. The van der Waals surface area contributed by atoms with Crippen molar-refractivity contribution >= 4 is 17.8 Å². The summed E-state index contributed by atoms with van der Waals surface area (Å²) in [7, 11) is 0. The summed E-state index contributed by atoms with van der Waals surface area (Å²) < 4.78 is 7.59. The van der Waals surface area contributed by atoms with E-state index in [1.54, 1.807) is 4.90 Å². The van der Waals surface area contributed by atoms with Gasteiger partial charge in [0.2, 0.25) is 0 Å². The molecule has 50 heavy (non-hydrogen) atoms. The first-order valence-electron chi connectivity index (χ1n) is 17.4. The van der Waals surface area contributed by atoms with Crippen LogP contribution < -0.4 is 0 Å². The van der Waals surface area contributed by atoms with E-state index in [4.69, 9.17) is 14.9 Å². The number of nitrogens with zero attached hydrogens (tertiary/aromatic N) is 5. The Hall–Kier alpha value is -5.70. The van der Waals surface area contributed by atoms with Crippen LogP contribution in [0.4, 0.5) is 4.79 Å². The molecule has 1 amide bonds. The van der Waals surface area contributed by atoms with Crippen molar-refractivity contribution in [2.45, 2.75) is 49.8 Å². The molecule has 9 heteroatoms. The van der Waals surface area contributed by atoms with Gasteiger partial charge >= 0.3 is 12.1 Å². The molecule has 252 valence electrons. The number of carboxylic acid groups (broad SMARTS) is 1. The number of carboxylic acids is 1. The average molecular weight is 666 g/mol. The Morgan fingerprint density at radius 3 is 1.84 bits per heavy atom. The van der Waals surface area contributed by atoms with Gasteiger partial charge in [0, 0.05) is 24.4 Å². The van der Waals surface area contributed by atoms with Crippen LogP contribution in [0, 0.1) is 0 Å². The maximum absolute atomic E-state index is 13.0. The number of carbonyl (C=O) groups excluding carboxylic acids is 1. The minimum atomic E-state index is -1.01. The highest BCUT2D eigenvalue weighted by Gasteiger charge is 2.49. The number of carbonyl (C=O) groups is 2. The highest BCUT2D eigenvalue weighted by Crippen LogP contribution is 2.48. The minimum absolute atomic E-state index is 0.0504. The van der Waals surface area contributed by atoms with E-state index in [0.717, 1.165) is 39.2 Å². The predicted octanol–water partition coefficient (Wildman–Crippen LogP) is 7.25. The van der Waals surface area contributed by atoms with E-state index in [9.17, 15) is 14.7 Å². The quantitative estimate of drug-likeness (QED) is 0.175. The highest BCUT2D eigenvalue weighted by atomic mass is 16.6. The Bertz CT molecular complexity index is 1910. The highest BCUT2D eigenvalue weighted by molar-refractivity contribution is 5.96. The SMILES string of the molecule is O=C(O)c1nn(C2CCN(C(=O)OCc3ccccc3)CC2)c2c1CCC1=NN(C(c3ccccc3)(c3ccccc3)c3ccccc3)CC12. The van der Waals surface area contributed by atoms with Crippen molar-refractivity contribution < 1.29 is 19.4 Å². The number of rotatable bonds is 8. The van der Waals surface area contributed by atoms with Crippen molar-refractivity contribution in [2.24, 2.45) is 5.10 Å². The molecule has 0 bridgehead atoms. The van der Waals surface area contributed by atoms with Gasteiger partial charge in [-0.1, -0.05) is 121 Å². The number of hydrogen-bond donors (Lipinski definition) is 1. The molecule has 3 aliphatic rings. The van der Waals surface area contributed by atoms with Crippen LogP contribution in [0.15, 0.2) is 126 Å². The summed E-state index contributed by atoms with van der Waals surface area (Å²) in [6.45, 7) is 1.81. The van der Waals surface area contributed by atoms with Crippen molar-refractivity contribution in [3.8, 4) is 0 Å². The molecule has 9 nitrogen and oxygen atoms in total. The molecule has 1 saturated heterocycles. The van der Waals surface area contributed by atoms with Crippen molar-refractivity contribution in [1.82, 2.24) is 19.7 Å². The zero-order valence-electron chi connectivity index (χ0n) is 27.8. The van der Waals surface area contributed by atoms with E-state index < -0.39 is 11.5 Å². The van der Waals surface area contributed by atoms with Crippen LogP contribution in [-0.2, 0) is 23.3 Å². The molecule has 8 rings (SSSR count). The first-order chi connectivity index (χ1) is 24.5. The molecule has 0 spiro atoms. The fourth-order valence-electron chi connectivity index (χ4n) is 8.11. The molecule has 1 unspecified atom stereocenters. The summed E-state index contributed by atoms with van der Waals surface area (Å²) in [5, 5.41) is 22.7. The van der Waals surface area contributed by atoms with Gasteiger partial charge in [0.15, 0.2) is 5.69 Å². The molecule has 1 fully saturated rings. The van der Waals surface area contributed by atoms with Gasteiger partial charge in [-0.05, 0) is 47.9 Å². The normalized spacial score (nSPS) is 17.5. The summed E-state index contributed by atoms with van der Waals surface area (Å²) in [6.07, 6.45) is 2.21. The number of aromatic nitrogens is 2. The maximum atomic E-state index is 13.0. The average Bonchev–Trinajstić information content (AvgIpc) is 3.79. The van der Waals surface area contributed by atoms with Crippen molar-refractivity contribution in [3.63, 3.8) is 0 Å². The summed E-state index contributed by atoms with van der Waals surface area (Å²) in [4.78, 5) is 27.3. The van der Waals surface area contributed by atoms with E-state index in [1.807, 2.05) is 53.2 Å². The molecule has 3 heterocycles. The van der Waals surface area contributed by atoms with Crippen LogP contribution in [0.2, 0.25) is 0 Å². The molecule has 1 N–H and O–H groups in total. The van der Waals surface area contributed by atoms with E-state index in [2.05, 4.69) is 77.8 Å². The molecule has 5 aromatic rings. The smallest absolute Gasteiger partial charge is 0.410 e. The van der Waals surface area contributed by atoms with Gasteiger partial charge in [-0.15, -0.1) is 0 Å². The molecular weight excluding hydrogens is 626 g/mol. The summed E-state index contributed by atoms with van der Waals surface area (Å²) in [6, 6.07) is 41.1. The Balaban J connectivity index is 1.12. The van der Waals surface area contributed by atoms with Crippen molar-refractivity contribution in [1.29, 1.82) is 0 Å². The van der Waals surface area contributed by atoms with E-state index in [-0.39, 0.29) is 30.4 Å². The number of hydrazone groups is 1.